The van der Waals surface area contributed by atoms with Crippen LogP contribution in [0.3, 0.4) is 0 Å². The minimum absolute atomic E-state index is 0.206. The van der Waals surface area contributed by atoms with Crippen LogP contribution in [0.25, 0.3) is 0 Å². The van der Waals surface area contributed by atoms with Crippen molar-refractivity contribution in [1.29, 1.82) is 0 Å². The van der Waals surface area contributed by atoms with Gasteiger partial charge in [-0.05, 0) is 59.7 Å². The third-order valence-corrected chi connectivity index (χ3v) is 2.95. The lowest BCUT2D eigenvalue weighted by Gasteiger charge is -2.10. The van der Waals surface area contributed by atoms with E-state index in [1.165, 1.54) is 0 Å². The van der Waals surface area contributed by atoms with Gasteiger partial charge in [0, 0.05) is 15.8 Å². The van der Waals surface area contributed by atoms with Gasteiger partial charge in [-0.15, -0.1) is 0 Å². The maximum absolute atomic E-state index is 11.1. The zero-order valence-corrected chi connectivity index (χ0v) is 12.2. The van der Waals surface area contributed by atoms with E-state index in [0.29, 0.717) is 13.2 Å². The molecule has 0 aliphatic rings. The molecule has 1 aromatic rings. The summed E-state index contributed by atoms with van der Waals surface area (Å²) in [5.41, 5.74) is 8.82. The van der Waals surface area contributed by atoms with Crippen molar-refractivity contribution < 1.29 is 9.53 Å². The van der Waals surface area contributed by atoms with E-state index in [2.05, 4.69) is 27.9 Å². The number of esters is 1. The summed E-state index contributed by atoms with van der Waals surface area (Å²) in [5, 5.41) is 3.02. The second-order valence-electron chi connectivity index (χ2n) is 3.70. The molecule has 0 atom stereocenters. The van der Waals surface area contributed by atoms with Crippen molar-refractivity contribution in [2.45, 2.75) is 20.4 Å². The molecule has 4 nitrogen and oxygen atoms in total. The molecule has 0 aromatic heterocycles. The number of nitrogens with two attached hydrogens (primary N) is 1. The molecule has 0 aliphatic carbocycles. The van der Waals surface area contributed by atoms with E-state index in [4.69, 9.17) is 10.5 Å². The lowest BCUT2D eigenvalue weighted by Crippen LogP contribution is -2.24. The summed E-state index contributed by atoms with van der Waals surface area (Å²) in [6.07, 6.45) is 0. The summed E-state index contributed by atoms with van der Waals surface area (Å²) in [7, 11) is 0. The number of ether oxygens (including phenoxy) is 1. The van der Waals surface area contributed by atoms with Crippen LogP contribution in [0.15, 0.2) is 12.1 Å². The van der Waals surface area contributed by atoms with Gasteiger partial charge in [0.25, 0.3) is 0 Å². The first-order valence-corrected chi connectivity index (χ1v) is 6.53. The van der Waals surface area contributed by atoms with Crippen molar-refractivity contribution in [1.82, 2.24) is 5.32 Å². The van der Waals surface area contributed by atoms with Crippen LogP contribution in [-0.4, -0.2) is 19.1 Å². The molecule has 0 saturated heterocycles. The molecule has 0 heterocycles. The predicted octanol–water partition coefficient (Wildman–Crippen LogP) is 1.83. The van der Waals surface area contributed by atoms with E-state index < -0.39 is 0 Å². The van der Waals surface area contributed by atoms with Gasteiger partial charge < -0.3 is 15.8 Å². The van der Waals surface area contributed by atoms with Crippen molar-refractivity contribution in [2.75, 3.05) is 18.9 Å². The van der Waals surface area contributed by atoms with Crippen LogP contribution in [0.4, 0.5) is 5.69 Å². The van der Waals surface area contributed by atoms with Gasteiger partial charge in [-0.2, -0.15) is 0 Å². The lowest BCUT2D eigenvalue weighted by atomic mass is 10.1. The van der Waals surface area contributed by atoms with Gasteiger partial charge in [-0.1, -0.05) is 0 Å². The quantitative estimate of drug-likeness (QED) is 0.484. The van der Waals surface area contributed by atoms with Crippen LogP contribution in [0, 0.1) is 10.5 Å². The van der Waals surface area contributed by atoms with E-state index in [1.807, 2.05) is 19.1 Å². The molecule has 0 fully saturated rings. The van der Waals surface area contributed by atoms with E-state index in [9.17, 15) is 4.79 Å². The first-order valence-electron chi connectivity index (χ1n) is 5.45. The highest BCUT2D eigenvalue weighted by atomic mass is 127. The summed E-state index contributed by atoms with van der Waals surface area (Å²) in [4.78, 5) is 11.1. The molecular weight excluding hydrogens is 331 g/mol. The van der Waals surface area contributed by atoms with E-state index in [0.717, 1.165) is 20.4 Å². The first kappa shape index (κ1) is 14.2. The molecule has 3 N–H and O–H groups in total. The van der Waals surface area contributed by atoms with E-state index in [-0.39, 0.29) is 12.5 Å². The Balaban J connectivity index is 2.55. The number of rotatable bonds is 5. The Morgan fingerprint density at radius 1 is 1.53 bits per heavy atom. The number of hydrogen-bond acceptors (Lipinski definition) is 4. The molecule has 0 amide bonds. The number of halogens is 1. The summed E-state index contributed by atoms with van der Waals surface area (Å²) >= 11 is 2.25. The number of aryl methyl sites for hydroxylation is 1. The van der Waals surface area contributed by atoms with Crippen LogP contribution >= 0.6 is 22.6 Å². The molecule has 0 radical (unpaired) electrons. The van der Waals surface area contributed by atoms with Crippen LogP contribution in [0.2, 0.25) is 0 Å². The zero-order chi connectivity index (χ0) is 12.8. The number of benzene rings is 1. The zero-order valence-electron chi connectivity index (χ0n) is 10.0. The summed E-state index contributed by atoms with van der Waals surface area (Å²) in [6.45, 7) is 4.95. The Morgan fingerprint density at radius 2 is 2.24 bits per heavy atom. The minimum Gasteiger partial charge on any atom is -0.465 e. The highest BCUT2D eigenvalue weighted by molar-refractivity contribution is 14.1. The van der Waals surface area contributed by atoms with Crippen molar-refractivity contribution in [3.05, 3.63) is 26.8 Å². The van der Waals surface area contributed by atoms with Crippen LogP contribution in [0.5, 0.6) is 0 Å². The Labute approximate surface area is 115 Å². The average molecular weight is 348 g/mol. The largest absolute Gasteiger partial charge is 0.465 e. The predicted molar refractivity (Wildman–Crippen MR) is 76.6 cm³/mol. The SMILES string of the molecule is CCOC(=O)CNCc1cc(I)cc(C)c1N. The summed E-state index contributed by atoms with van der Waals surface area (Å²) < 4.78 is 5.96. The first-order chi connectivity index (χ1) is 8.04. The third kappa shape index (κ3) is 4.51. The maximum Gasteiger partial charge on any atom is 0.319 e. The van der Waals surface area contributed by atoms with Crippen molar-refractivity contribution >= 4 is 34.2 Å². The van der Waals surface area contributed by atoms with Gasteiger partial charge in [0.1, 0.15) is 0 Å². The molecule has 0 bridgehead atoms. The van der Waals surface area contributed by atoms with Gasteiger partial charge in [0.2, 0.25) is 0 Å². The molecule has 0 saturated carbocycles. The molecule has 1 rings (SSSR count). The number of hydrogen-bond donors (Lipinski definition) is 2. The van der Waals surface area contributed by atoms with E-state index in [1.54, 1.807) is 6.92 Å². The summed E-state index contributed by atoms with van der Waals surface area (Å²) in [5.74, 6) is -0.242. The van der Waals surface area contributed by atoms with Gasteiger partial charge in [0.15, 0.2) is 0 Å². The summed E-state index contributed by atoms with van der Waals surface area (Å²) in [6, 6.07) is 4.05. The normalized spacial score (nSPS) is 10.3. The smallest absolute Gasteiger partial charge is 0.319 e. The van der Waals surface area contributed by atoms with Gasteiger partial charge >= 0.3 is 5.97 Å². The topological polar surface area (TPSA) is 64.3 Å². The monoisotopic (exact) mass is 348 g/mol. The molecule has 94 valence electrons. The minimum atomic E-state index is -0.242. The van der Waals surface area contributed by atoms with Gasteiger partial charge in [0.05, 0.1) is 13.2 Å². The lowest BCUT2D eigenvalue weighted by molar-refractivity contribution is -0.142. The molecule has 0 aliphatic heterocycles. The number of nitrogen functional groups attached to an aromatic ring is 1. The standard InChI is InChI=1S/C12H17IN2O2/c1-3-17-11(16)7-15-6-9-5-10(13)4-8(2)12(9)14/h4-5,15H,3,6-7,14H2,1-2H3. The number of carbonyl (C=O) groups excluding carboxylic acids is 1. The second-order valence-corrected chi connectivity index (χ2v) is 4.95. The van der Waals surface area contributed by atoms with Crippen molar-refractivity contribution in [3.63, 3.8) is 0 Å². The second kappa shape index (κ2) is 6.80. The van der Waals surface area contributed by atoms with Crippen molar-refractivity contribution in [2.24, 2.45) is 0 Å². The van der Waals surface area contributed by atoms with Crippen LogP contribution in [0.1, 0.15) is 18.1 Å². The van der Waals surface area contributed by atoms with Crippen molar-refractivity contribution in [3.8, 4) is 0 Å². The van der Waals surface area contributed by atoms with Gasteiger partial charge in [-0.3, -0.25) is 4.79 Å². The number of carbonyl (C=O) groups is 1. The number of nitrogens with one attached hydrogen (secondary N) is 1. The molecule has 17 heavy (non-hydrogen) atoms. The highest BCUT2D eigenvalue weighted by Gasteiger charge is 2.05. The fraction of sp³-hybridized carbons (Fsp3) is 0.417. The Kier molecular flexibility index (Phi) is 5.70. The molecule has 5 heteroatoms. The molecule has 0 unspecified atom stereocenters. The molecule has 0 spiro atoms. The highest BCUT2D eigenvalue weighted by Crippen LogP contribution is 2.20. The maximum atomic E-state index is 11.1. The van der Waals surface area contributed by atoms with E-state index >= 15 is 0 Å². The number of anilines is 1. The molecule has 1 aromatic carbocycles. The Morgan fingerprint density at radius 3 is 2.88 bits per heavy atom. The third-order valence-electron chi connectivity index (χ3n) is 2.33. The van der Waals surface area contributed by atoms with Crippen LogP contribution in [-0.2, 0) is 16.1 Å². The Hall–Kier alpha value is -0.820. The fourth-order valence-electron chi connectivity index (χ4n) is 1.48. The fourth-order valence-corrected chi connectivity index (χ4v) is 2.32. The average Bonchev–Trinajstić information content (AvgIpc) is 2.25. The van der Waals surface area contributed by atoms with Crippen LogP contribution < -0.4 is 11.1 Å². The van der Waals surface area contributed by atoms with Gasteiger partial charge in [-0.25, -0.2) is 0 Å². The molecular formula is C12H17IN2O2. The Bertz CT molecular complexity index is 408.